The highest BCUT2D eigenvalue weighted by molar-refractivity contribution is 7.15. The summed E-state index contributed by atoms with van der Waals surface area (Å²) in [5, 5.41) is 22.7. The lowest BCUT2D eigenvalue weighted by Crippen LogP contribution is -2.01. The average molecular weight is 474 g/mol. The maximum absolute atomic E-state index is 10.7. The highest BCUT2D eigenvalue weighted by atomic mass is 32.1. The fourth-order valence-electron chi connectivity index (χ4n) is 3.98. The Bertz CT molecular complexity index is 1390. The second kappa shape index (κ2) is 9.63. The summed E-state index contributed by atoms with van der Waals surface area (Å²) in [6, 6.07) is 10.3. The minimum atomic E-state index is -0.800. The number of ether oxygens (including phenoxy) is 1. The van der Waals surface area contributed by atoms with Gasteiger partial charge in [-0.3, -0.25) is 14.0 Å². The predicted octanol–water partition coefficient (Wildman–Crippen LogP) is 3.72. The van der Waals surface area contributed by atoms with Crippen LogP contribution in [0.1, 0.15) is 51.6 Å². The number of carboxylic acids is 1. The number of thiophene rings is 1. The van der Waals surface area contributed by atoms with Crippen LogP contribution < -0.4 is 0 Å². The van der Waals surface area contributed by atoms with Gasteiger partial charge in [0.1, 0.15) is 17.4 Å². The van der Waals surface area contributed by atoms with E-state index in [2.05, 4.69) is 43.8 Å². The number of aromatic nitrogens is 5. The van der Waals surface area contributed by atoms with Crippen molar-refractivity contribution in [2.24, 2.45) is 0 Å². The minimum absolute atomic E-state index is 0.122. The van der Waals surface area contributed by atoms with E-state index < -0.39 is 5.97 Å². The Morgan fingerprint density at radius 1 is 1.21 bits per heavy atom. The van der Waals surface area contributed by atoms with Crippen molar-refractivity contribution < 1.29 is 14.6 Å². The lowest BCUT2D eigenvalue weighted by molar-refractivity contribution is -0.137. The van der Waals surface area contributed by atoms with E-state index in [4.69, 9.17) is 9.84 Å². The molecule has 8 nitrogen and oxygen atoms in total. The van der Waals surface area contributed by atoms with Crippen LogP contribution in [-0.4, -0.2) is 35.6 Å². The number of benzene rings is 1. The zero-order chi connectivity index (χ0) is 23.5. The number of fused-ring (bicyclic) bond motifs is 3. The number of rotatable bonds is 6. The quantitative estimate of drug-likeness (QED) is 0.429. The van der Waals surface area contributed by atoms with Gasteiger partial charge in [-0.05, 0) is 30.9 Å². The number of aliphatic carboxylic acids is 1. The normalized spacial score (nSPS) is 12.4. The third-order valence-electron chi connectivity index (χ3n) is 5.62. The fourth-order valence-corrected chi connectivity index (χ4v) is 5.23. The first-order valence-electron chi connectivity index (χ1n) is 11.0. The number of carbonyl (C=O) groups is 1. The molecule has 0 unspecified atom stereocenters. The van der Waals surface area contributed by atoms with Crippen molar-refractivity contribution in [3.05, 3.63) is 81.5 Å². The minimum Gasteiger partial charge on any atom is -0.481 e. The smallest absolute Gasteiger partial charge is 0.303 e. The molecule has 1 N–H and O–H groups in total. The van der Waals surface area contributed by atoms with Crippen LogP contribution in [0.4, 0.5) is 0 Å². The van der Waals surface area contributed by atoms with Gasteiger partial charge >= 0.3 is 5.97 Å². The first kappa shape index (κ1) is 22.1. The molecule has 0 spiro atoms. The van der Waals surface area contributed by atoms with E-state index in [1.54, 1.807) is 22.2 Å². The molecule has 172 valence electrons. The second-order valence-electron chi connectivity index (χ2n) is 8.09. The Morgan fingerprint density at radius 2 is 2.06 bits per heavy atom. The van der Waals surface area contributed by atoms with Crippen LogP contribution >= 0.6 is 11.3 Å². The largest absolute Gasteiger partial charge is 0.481 e. The van der Waals surface area contributed by atoms with Crippen molar-refractivity contribution in [3.8, 4) is 16.8 Å². The Morgan fingerprint density at radius 3 is 2.88 bits per heavy atom. The summed E-state index contributed by atoms with van der Waals surface area (Å²) >= 11 is 1.64. The molecule has 0 saturated heterocycles. The molecular formula is C25H23N5O3S. The first-order valence-corrected chi connectivity index (χ1v) is 11.8. The van der Waals surface area contributed by atoms with Crippen molar-refractivity contribution in [1.82, 2.24) is 24.5 Å². The van der Waals surface area contributed by atoms with Crippen LogP contribution in [-0.2, 0) is 35.7 Å². The van der Waals surface area contributed by atoms with E-state index in [0.29, 0.717) is 26.2 Å². The summed E-state index contributed by atoms with van der Waals surface area (Å²) in [5.74, 6) is 7.44. The molecule has 0 radical (unpaired) electrons. The van der Waals surface area contributed by atoms with Crippen LogP contribution in [0.2, 0.25) is 0 Å². The van der Waals surface area contributed by atoms with Crippen LogP contribution in [0.3, 0.4) is 0 Å². The molecule has 4 aromatic rings. The molecular weight excluding hydrogens is 450 g/mol. The van der Waals surface area contributed by atoms with Crippen LogP contribution in [0.5, 0.6) is 0 Å². The van der Waals surface area contributed by atoms with Gasteiger partial charge in [-0.2, -0.15) is 5.10 Å². The predicted molar refractivity (Wildman–Crippen MR) is 127 cm³/mol. The molecule has 3 aromatic heterocycles. The molecule has 0 atom stereocenters. The molecule has 34 heavy (non-hydrogen) atoms. The van der Waals surface area contributed by atoms with Crippen LogP contribution in [0.25, 0.3) is 5.00 Å². The maximum Gasteiger partial charge on any atom is 0.303 e. The lowest BCUT2D eigenvalue weighted by Gasteiger charge is -2.06. The van der Waals surface area contributed by atoms with Crippen molar-refractivity contribution in [3.63, 3.8) is 0 Å². The van der Waals surface area contributed by atoms with Gasteiger partial charge in [0.15, 0.2) is 5.82 Å². The Balaban J connectivity index is 1.50. The summed E-state index contributed by atoms with van der Waals surface area (Å²) in [6.07, 6.45) is 4.98. The third-order valence-corrected chi connectivity index (χ3v) is 6.80. The SMILES string of the molecule is Cc1nnc2n1-c1sc(C#Cc3cnn(CCCC(=O)O)c3)c(Cc3ccccc3)c1COC2. The zero-order valence-corrected chi connectivity index (χ0v) is 19.5. The van der Waals surface area contributed by atoms with Gasteiger partial charge in [-0.1, -0.05) is 42.2 Å². The highest BCUT2D eigenvalue weighted by Crippen LogP contribution is 2.36. The molecule has 0 fully saturated rings. The van der Waals surface area contributed by atoms with Crippen molar-refractivity contribution >= 4 is 17.3 Å². The van der Waals surface area contributed by atoms with Gasteiger partial charge in [-0.25, -0.2) is 0 Å². The Kier molecular flexibility index (Phi) is 6.25. The summed E-state index contributed by atoms with van der Waals surface area (Å²) in [7, 11) is 0. The standard InChI is InChI=1S/C25H23N5O3S/c1-17-27-28-23-16-33-15-21-20(12-18-6-3-2-4-7-18)22(34-25(21)30(17)23)10-9-19-13-26-29(14-19)11-5-8-24(31)32/h2-4,6-7,13-14H,5,8,11-12,15-16H2,1H3,(H,31,32). The zero-order valence-electron chi connectivity index (χ0n) is 18.7. The molecule has 0 saturated carbocycles. The number of carboxylic acid groups (broad SMARTS) is 1. The number of hydrogen-bond donors (Lipinski definition) is 1. The second-order valence-corrected chi connectivity index (χ2v) is 9.09. The Hall–Kier alpha value is -3.74. The van der Waals surface area contributed by atoms with E-state index in [1.165, 1.54) is 5.56 Å². The monoisotopic (exact) mass is 473 g/mol. The molecule has 4 heterocycles. The molecule has 0 amide bonds. The number of aryl methyl sites for hydroxylation is 2. The van der Waals surface area contributed by atoms with Gasteiger partial charge in [0.05, 0.1) is 23.2 Å². The summed E-state index contributed by atoms with van der Waals surface area (Å²) in [4.78, 5) is 11.7. The van der Waals surface area contributed by atoms with Gasteiger partial charge in [-0.15, -0.1) is 21.5 Å². The molecule has 1 aliphatic rings. The molecule has 1 aliphatic heterocycles. The van der Waals surface area contributed by atoms with Crippen molar-refractivity contribution in [2.45, 2.75) is 45.9 Å². The lowest BCUT2D eigenvalue weighted by atomic mass is 10.0. The molecule has 1 aromatic carbocycles. The van der Waals surface area contributed by atoms with Gasteiger partial charge in [0.2, 0.25) is 0 Å². The molecule has 0 aliphatic carbocycles. The van der Waals surface area contributed by atoms with E-state index in [9.17, 15) is 4.79 Å². The van der Waals surface area contributed by atoms with Gasteiger partial charge in [0.25, 0.3) is 0 Å². The van der Waals surface area contributed by atoms with E-state index >= 15 is 0 Å². The van der Waals surface area contributed by atoms with E-state index in [-0.39, 0.29) is 6.42 Å². The third kappa shape index (κ3) is 4.64. The topological polar surface area (TPSA) is 95.1 Å². The molecule has 5 rings (SSSR count). The summed E-state index contributed by atoms with van der Waals surface area (Å²) < 4.78 is 9.77. The van der Waals surface area contributed by atoms with Crippen LogP contribution in [0, 0.1) is 18.8 Å². The number of nitrogens with zero attached hydrogens (tertiary/aromatic N) is 5. The van der Waals surface area contributed by atoms with Crippen LogP contribution in [0.15, 0.2) is 42.7 Å². The highest BCUT2D eigenvalue weighted by Gasteiger charge is 2.25. The first-order chi connectivity index (χ1) is 16.6. The summed E-state index contributed by atoms with van der Waals surface area (Å²) in [5.41, 5.74) is 4.29. The van der Waals surface area contributed by atoms with Crippen molar-refractivity contribution in [1.29, 1.82) is 0 Å². The molecule has 0 bridgehead atoms. The van der Waals surface area contributed by atoms with Gasteiger partial charge < -0.3 is 9.84 Å². The summed E-state index contributed by atoms with van der Waals surface area (Å²) in [6.45, 7) is 3.43. The van der Waals surface area contributed by atoms with Gasteiger partial charge in [0, 0.05) is 24.7 Å². The number of hydrogen-bond acceptors (Lipinski definition) is 6. The van der Waals surface area contributed by atoms with E-state index in [1.807, 2.05) is 31.3 Å². The van der Waals surface area contributed by atoms with Crippen molar-refractivity contribution in [2.75, 3.05) is 0 Å². The Labute approximate surface area is 200 Å². The molecule has 9 heteroatoms. The van der Waals surface area contributed by atoms with E-state index in [0.717, 1.165) is 44.6 Å². The fraction of sp³-hybridized carbons (Fsp3) is 0.280. The maximum atomic E-state index is 10.7. The average Bonchev–Trinajstić information content (AvgIpc) is 3.48.